The van der Waals surface area contributed by atoms with E-state index in [0.717, 1.165) is 0 Å². The van der Waals surface area contributed by atoms with E-state index in [1.165, 1.54) is 11.3 Å². The van der Waals surface area contributed by atoms with Gasteiger partial charge in [-0.25, -0.2) is 0 Å². The average molecular weight is 176 g/mol. The molecule has 1 N–H and O–H groups in total. The normalized spacial score (nSPS) is 31.1. The van der Waals surface area contributed by atoms with E-state index in [1.807, 2.05) is 6.21 Å². The van der Waals surface area contributed by atoms with Crippen LogP contribution in [-0.2, 0) is 0 Å². The molecule has 0 radical (unpaired) electrons. The van der Waals surface area contributed by atoms with E-state index in [4.69, 9.17) is 0 Å². The number of aliphatic imine (C=N–C) groups is 1. The summed E-state index contributed by atoms with van der Waals surface area (Å²) in [6.45, 7) is 6.50. The molecule has 0 bridgehead atoms. The number of dihydropyridines is 1. The summed E-state index contributed by atoms with van der Waals surface area (Å²) in [4.78, 5) is 4.47. The first-order chi connectivity index (χ1) is 6.16. The van der Waals surface area contributed by atoms with Gasteiger partial charge in [-0.1, -0.05) is 19.9 Å². The topological polar surface area (TPSA) is 24.4 Å². The van der Waals surface area contributed by atoms with Gasteiger partial charge >= 0.3 is 0 Å². The first kappa shape index (κ1) is 8.54. The highest BCUT2D eigenvalue weighted by Gasteiger charge is 2.27. The van der Waals surface area contributed by atoms with Gasteiger partial charge in [0.05, 0.1) is 12.1 Å². The smallest absolute Gasteiger partial charge is 0.0936 e. The molecule has 2 aliphatic rings. The lowest BCUT2D eigenvalue weighted by Crippen LogP contribution is -2.31. The van der Waals surface area contributed by atoms with Crippen LogP contribution in [-0.4, -0.2) is 18.3 Å². The van der Waals surface area contributed by atoms with Crippen molar-refractivity contribution in [2.75, 3.05) is 0 Å². The van der Waals surface area contributed by atoms with Gasteiger partial charge in [-0.3, -0.25) is 4.99 Å². The number of hydrogen-bond donors (Lipinski definition) is 1. The van der Waals surface area contributed by atoms with Crippen LogP contribution in [0.25, 0.3) is 0 Å². The van der Waals surface area contributed by atoms with Crippen molar-refractivity contribution in [1.82, 2.24) is 5.32 Å². The lowest BCUT2D eigenvalue weighted by atomic mass is 10.1. The third kappa shape index (κ3) is 1.53. The van der Waals surface area contributed by atoms with Gasteiger partial charge in [-0.15, -0.1) is 0 Å². The predicted octanol–water partition coefficient (Wildman–Crippen LogP) is 1.90. The molecule has 0 aliphatic carbocycles. The van der Waals surface area contributed by atoms with Gasteiger partial charge in [0, 0.05) is 11.9 Å². The summed E-state index contributed by atoms with van der Waals surface area (Å²) in [6.07, 6.45) is 6.46. The molecular formula is C11H16N2. The predicted molar refractivity (Wildman–Crippen MR) is 55.9 cm³/mol. The van der Waals surface area contributed by atoms with Gasteiger partial charge in [0.15, 0.2) is 0 Å². The summed E-state index contributed by atoms with van der Waals surface area (Å²) in [5.74, 6) is 0.578. The fraction of sp³-hybridized carbons (Fsp3) is 0.545. The van der Waals surface area contributed by atoms with Crippen LogP contribution in [0.1, 0.15) is 20.8 Å². The zero-order valence-corrected chi connectivity index (χ0v) is 8.41. The molecule has 2 aliphatic heterocycles. The molecular weight excluding hydrogens is 160 g/mol. The van der Waals surface area contributed by atoms with Crippen LogP contribution in [0.3, 0.4) is 0 Å². The fourth-order valence-electron chi connectivity index (χ4n) is 1.78. The molecule has 0 fully saturated rings. The summed E-state index contributed by atoms with van der Waals surface area (Å²) < 4.78 is 0. The average Bonchev–Trinajstić information content (AvgIpc) is 2.46. The van der Waals surface area contributed by atoms with E-state index in [9.17, 15) is 0 Å². The van der Waals surface area contributed by atoms with Gasteiger partial charge in [0.25, 0.3) is 0 Å². The number of allylic oxidation sites excluding steroid dienone is 2. The Morgan fingerprint density at radius 1 is 1.38 bits per heavy atom. The largest absolute Gasteiger partial charge is 0.380 e. The van der Waals surface area contributed by atoms with E-state index in [1.54, 1.807) is 0 Å². The van der Waals surface area contributed by atoms with Gasteiger partial charge in [0.2, 0.25) is 0 Å². The van der Waals surface area contributed by atoms with Crippen molar-refractivity contribution in [2.45, 2.75) is 32.9 Å². The molecule has 2 heteroatoms. The number of fused-ring (bicyclic) bond motifs is 1. The molecule has 2 unspecified atom stereocenters. The summed E-state index contributed by atoms with van der Waals surface area (Å²) in [7, 11) is 0. The Labute approximate surface area is 79.4 Å². The van der Waals surface area contributed by atoms with Gasteiger partial charge in [-0.2, -0.15) is 0 Å². The van der Waals surface area contributed by atoms with Crippen LogP contribution < -0.4 is 5.32 Å². The van der Waals surface area contributed by atoms with Crippen LogP contribution in [0.5, 0.6) is 0 Å². The minimum Gasteiger partial charge on any atom is -0.380 e. The monoisotopic (exact) mass is 176 g/mol. The second-order valence-electron chi connectivity index (χ2n) is 4.13. The second kappa shape index (κ2) is 3.02. The van der Waals surface area contributed by atoms with E-state index in [2.05, 4.69) is 43.2 Å². The summed E-state index contributed by atoms with van der Waals surface area (Å²) in [5.41, 5.74) is 2.59. The van der Waals surface area contributed by atoms with Crippen molar-refractivity contribution in [3.8, 4) is 0 Å². The van der Waals surface area contributed by atoms with Gasteiger partial charge in [0.1, 0.15) is 0 Å². The van der Waals surface area contributed by atoms with Crippen molar-refractivity contribution >= 4 is 6.21 Å². The zero-order chi connectivity index (χ0) is 9.42. The molecule has 2 atom stereocenters. The van der Waals surface area contributed by atoms with Gasteiger partial charge < -0.3 is 5.32 Å². The Balaban J connectivity index is 2.17. The molecule has 0 aromatic rings. The number of nitrogens with one attached hydrogen (secondary N) is 1. The lowest BCUT2D eigenvalue weighted by Gasteiger charge is -2.18. The zero-order valence-electron chi connectivity index (χ0n) is 8.41. The molecule has 0 amide bonds. The van der Waals surface area contributed by atoms with Crippen LogP contribution in [0.4, 0.5) is 0 Å². The highest BCUT2D eigenvalue weighted by Crippen LogP contribution is 2.22. The quantitative estimate of drug-likeness (QED) is 0.648. The first-order valence-corrected chi connectivity index (χ1v) is 4.86. The Bertz CT molecular complexity index is 297. The van der Waals surface area contributed by atoms with Crippen LogP contribution in [0.2, 0.25) is 0 Å². The minimum absolute atomic E-state index is 0.334. The molecule has 0 aromatic heterocycles. The SMILES string of the molecule is CC1=CC2NC(C(C)C)=CC2N=C1. The number of nitrogens with zero attached hydrogens (tertiary/aromatic N) is 1. The molecule has 2 heterocycles. The van der Waals surface area contributed by atoms with Gasteiger partial charge in [-0.05, 0) is 24.5 Å². The minimum atomic E-state index is 0.334. The van der Waals surface area contributed by atoms with Crippen molar-refractivity contribution < 1.29 is 0 Å². The van der Waals surface area contributed by atoms with E-state index < -0.39 is 0 Å². The third-order valence-corrected chi connectivity index (χ3v) is 2.57. The maximum Gasteiger partial charge on any atom is 0.0936 e. The van der Waals surface area contributed by atoms with Crippen LogP contribution in [0.15, 0.2) is 28.4 Å². The maximum atomic E-state index is 4.47. The van der Waals surface area contributed by atoms with Crippen molar-refractivity contribution in [1.29, 1.82) is 0 Å². The molecule has 0 saturated carbocycles. The highest BCUT2D eigenvalue weighted by molar-refractivity contribution is 5.79. The molecule has 2 rings (SSSR count). The molecule has 0 spiro atoms. The molecule has 2 nitrogen and oxygen atoms in total. The highest BCUT2D eigenvalue weighted by atomic mass is 15.0. The Kier molecular flexibility index (Phi) is 1.98. The van der Waals surface area contributed by atoms with Crippen LogP contribution >= 0.6 is 0 Å². The number of hydrogen-bond acceptors (Lipinski definition) is 2. The third-order valence-electron chi connectivity index (χ3n) is 2.57. The fourth-order valence-corrected chi connectivity index (χ4v) is 1.78. The van der Waals surface area contributed by atoms with Crippen molar-refractivity contribution in [3.63, 3.8) is 0 Å². The Morgan fingerprint density at radius 3 is 2.85 bits per heavy atom. The first-order valence-electron chi connectivity index (χ1n) is 4.86. The summed E-state index contributed by atoms with van der Waals surface area (Å²) >= 11 is 0. The summed E-state index contributed by atoms with van der Waals surface area (Å²) in [5, 5.41) is 3.49. The second-order valence-corrected chi connectivity index (χ2v) is 4.13. The Morgan fingerprint density at radius 2 is 2.15 bits per heavy atom. The van der Waals surface area contributed by atoms with Crippen LogP contribution in [0, 0.1) is 5.92 Å². The molecule has 0 saturated heterocycles. The molecule has 13 heavy (non-hydrogen) atoms. The molecule has 70 valence electrons. The standard InChI is InChI=1S/C11H16N2/c1-7(2)9-5-10-11(13-9)4-8(3)6-12-10/h4-7,10-11,13H,1-3H3. The molecule has 0 aromatic carbocycles. The van der Waals surface area contributed by atoms with E-state index >= 15 is 0 Å². The van der Waals surface area contributed by atoms with E-state index in [0.29, 0.717) is 18.0 Å². The van der Waals surface area contributed by atoms with Crippen molar-refractivity contribution in [2.24, 2.45) is 10.9 Å². The Hall–Kier alpha value is -1.05. The van der Waals surface area contributed by atoms with Crippen molar-refractivity contribution in [3.05, 3.63) is 23.4 Å². The lowest BCUT2D eigenvalue weighted by molar-refractivity contribution is 0.609. The number of rotatable bonds is 1. The van der Waals surface area contributed by atoms with E-state index in [-0.39, 0.29) is 0 Å². The summed E-state index contributed by atoms with van der Waals surface area (Å²) in [6, 6.07) is 0.739. The maximum absolute atomic E-state index is 4.47.